The van der Waals surface area contributed by atoms with Crippen LogP contribution in [0.3, 0.4) is 0 Å². The van der Waals surface area contributed by atoms with E-state index in [1.54, 1.807) is 18.2 Å². The van der Waals surface area contributed by atoms with Gasteiger partial charge in [0, 0.05) is 6.54 Å². The molecule has 4 heteroatoms. The van der Waals surface area contributed by atoms with Crippen molar-refractivity contribution >= 4 is 11.6 Å². The zero-order valence-corrected chi connectivity index (χ0v) is 10.5. The highest BCUT2D eigenvalue weighted by atomic mass is 35.5. The van der Waals surface area contributed by atoms with Crippen molar-refractivity contribution in [3.05, 3.63) is 64.4 Å². The van der Waals surface area contributed by atoms with E-state index in [0.29, 0.717) is 17.4 Å². The minimum absolute atomic E-state index is 0.277. The van der Waals surface area contributed by atoms with Gasteiger partial charge >= 0.3 is 0 Å². The van der Waals surface area contributed by atoms with Gasteiger partial charge in [0.15, 0.2) is 0 Å². The maximum absolute atomic E-state index is 13.0. The molecule has 0 atom stereocenters. The van der Waals surface area contributed by atoms with Gasteiger partial charge in [-0.2, -0.15) is 0 Å². The number of halogens is 2. The molecule has 0 spiro atoms. The van der Waals surface area contributed by atoms with Crippen LogP contribution >= 0.6 is 11.6 Å². The maximum Gasteiger partial charge on any atom is 0.138 e. The van der Waals surface area contributed by atoms with E-state index >= 15 is 0 Å². The van der Waals surface area contributed by atoms with E-state index in [9.17, 15) is 4.39 Å². The molecule has 2 N–H and O–H groups in total. The zero-order valence-electron chi connectivity index (χ0n) is 9.70. The summed E-state index contributed by atoms with van der Waals surface area (Å²) in [6.45, 7) is 0.593. The van der Waals surface area contributed by atoms with E-state index < -0.39 is 0 Å². The lowest BCUT2D eigenvalue weighted by Gasteiger charge is -2.11. The van der Waals surface area contributed by atoms with Crippen LogP contribution < -0.4 is 10.5 Å². The Balaban J connectivity index is 2.13. The van der Waals surface area contributed by atoms with Crippen LogP contribution in [0.15, 0.2) is 42.5 Å². The molecule has 0 aromatic heterocycles. The van der Waals surface area contributed by atoms with Gasteiger partial charge in [-0.3, -0.25) is 0 Å². The summed E-state index contributed by atoms with van der Waals surface area (Å²) < 4.78 is 18.6. The lowest BCUT2D eigenvalue weighted by Crippen LogP contribution is -2.05. The molecular formula is C14H13ClFNO. The molecule has 2 aromatic carbocycles. The van der Waals surface area contributed by atoms with E-state index in [-0.39, 0.29) is 12.4 Å². The Bertz CT molecular complexity index is 545. The van der Waals surface area contributed by atoms with Crippen LogP contribution in [0, 0.1) is 5.82 Å². The predicted molar refractivity (Wildman–Crippen MR) is 70.1 cm³/mol. The highest BCUT2D eigenvalue weighted by Gasteiger charge is 2.05. The van der Waals surface area contributed by atoms with Crippen molar-refractivity contribution in [1.82, 2.24) is 0 Å². The quantitative estimate of drug-likeness (QED) is 0.918. The molecule has 0 fully saturated rings. The summed E-state index contributed by atoms with van der Waals surface area (Å²) in [4.78, 5) is 0. The summed E-state index contributed by atoms with van der Waals surface area (Å²) in [5.74, 6) is 0.309. The van der Waals surface area contributed by atoms with E-state index in [2.05, 4.69) is 0 Å². The van der Waals surface area contributed by atoms with Gasteiger partial charge in [0.2, 0.25) is 0 Å². The molecule has 2 aromatic rings. The van der Waals surface area contributed by atoms with Crippen LogP contribution in [-0.2, 0) is 13.2 Å². The predicted octanol–water partition coefficient (Wildman–Crippen LogP) is 3.52. The minimum Gasteiger partial charge on any atom is -0.487 e. The Morgan fingerprint density at radius 2 is 1.89 bits per heavy atom. The van der Waals surface area contributed by atoms with Gasteiger partial charge in [-0.1, -0.05) is 29.8 Å². The number of para-hydroxylation sites is 1. The number of nitrogens with two attached hydrogens (primary N) is 1. The van der Waals surface area contributed by atoms with Gasteiger partial charge in [0.1, 0.15) is 18.2 Å². The van der Waals surface area contributed by atoms with Crippen LogP contribution in [0.4, 0.5) is 4.39 Å². The van der Waals surface area contributed by atoms with Crippen LogP contribution in [0.2, 0.25) is 5.02 Å². The average Bonchev–Trinajstić information content (AvgIpc) is 2.39. The molecule has 0 saturated carbocycles. The molecule has 0 heterocycles. The molecule has 0 radical (unpaired) electrons. The molecule has 0 saturated heterocycles. The van der Waals surface area contributed by atoms with Crippen molar-refractivity contribution in [1.29, 1.82) is 0 Å². The van der Waals surface area contributed by atoms with E-state index in [1.807, 2.05) is 12.1 Å². The Labute approximate surface area is 110 Å². The Kier molecular flexibility index (Phi) is 4.18. The van der Waals surface area contributed by atoms with E-state index in [0.717, 1.165) is 11.1 Å². The zero-order chi connectivity index (χ0) is 13.0. The number of hydrogen-bond acceptors (Lipinski definition) is 2. The lowest BCUT2D eigenvalue weighted by molar-refractivity contribution is 0.305. The molecule has 0 aliphatic heterocycles. The second-order valence-corrected chi connectivity index (χ2v) is 4.24. The van der Waals surface area contributed by atoms with Crippen LogP contribution in [0.5, 0.6) is 5.75 Å². The van der Waals surface area contributed by atoms with Crippen molar-refractivity contribution in [2.24, 2.45) is 5.73 Å². The maximum atomic E-state index is 13.0. The fourth-order valence-electron chi connectivity index (χ4n) is 1.64. The fourth-order valence-corrected chi connectivity index (χ4v) is 1.83. The summed E-state index contributed by atoms with van der Waals surface area (Å²) >= 11 is 5.98. The van der Waals surface area contributed by atoms with E-state index in [4.69, 9.17) is 22.1 Å². The fraction of sp³-hybridized carbons (Fsp3) is 0.143. The molecule has 18 heavy (non-hydrogen) atoms. The van der Waals surface area contributed by atoms with Gasteiger partial charge in [-0.05, 0) is 35.4 Å². The van der Waals surface area contributed by atoms with Crippen molar-refractivity contribution in [3.8, 4) is 5.75 Å². The number of benzene rings is 2. The molecule has 0 amide bonds. The van der Waals surface area contributed by atoms with Gasteiger partial charge in [-0.25, -0.2) is 4.39 Å². The average molecular weight is 266 g/mol. The molecule has 0 aliphatic carbocycles. The number of ether oxygens (including phenoxy) is 1. The third-order valence-corrected chi connectivity index (χ3v) is 2.92. The van der Waals surface area contributed by atoms with Gasteiger partial charge in [0.25, 0.3) is 0 Å². The van der Waals surface area contributed by atoms with Crippen LogP contribution in [0.1, 0.15) is 11.1 Å². The SMILES string of the molecule is NCc1cc(F)ccc1COc1ccccc1Cl. The first-order chi connectivity index (χ1) is 8.70. The van der Waals surface area contributed by atoms with E-state index in [1.165, 1.54) is 12.1 Å². The molecule has 2 nitrogen and oxygen atoms in total. The summed E-state index contributed by atoms with van der Waals surface area (Å²) in [5, 5.41) is 0.550. The topological polar surface area (TPSA) is 35.2 Å². The smallest absolute Gasteiger partial charge is 0.138 e. The number of hydrogen-bond donors (Lipinski definition) is 1. The van der Waals surface area contributed by atoms with Crippen molar-refractivity contribution < 1.29 is 9.13 Å². The lowest BCUT2D eigenvalue weighted by atomic mass is 10.1. The van der Waals surface area contributed by atoms with Crippen LogP contribution in [-0.4, -0.2) is 0 Å². The summed E-state index contributed by atoms with van der Waals surface area (Å²) in [7, 11) is 0. The third kappa shape index (κ3) is 3.00. The molecule has 2 rings (SSSR count). The summed E-state index contributed by atoms with van der Waals surface area (Å²) in [6.07, 6.45) is 0. The number of rotatable bonds is 4. The van der Waals surface area contributed by atoms with Crippen LogP contribution in [0.25, 0.3) is 0 Å². The molecule has 0 aliphatic rings. The standard InChI is InChI=1S/C14H13ClFNO/c15-13-3-1-2-4-14(13)18-9-10-5-6-12(16)7-11(10)8-17/h1-7H,8-9,17H2. The second kappa shape index (κ2) is 5.85. The Morgan fingerprint density at radius 1 is 1.11 bits per heavy atom. The first-order valence-corrected chi connectivity index (χ1v) is 5.93. The highest BCUT2D eigenvalue weighted by Crippen LogP contribution is 2.24. The Morgan fingerprint density at radius 3 is 2.61 bits per heavy atom. The second-order valence-electron chi connectivity index (χ2n) is 3.84. The monoisotopic (exact) mass is 265 g/mol. The molecule has 0 bridgehead atoms. The largest absolute Gasteiger partial charge is 0.487 e. The van der Waals surface area contributed by atoms with Gasteiger partial charge in [-0.15, -0.1) is 0 Å². The summed E-state index contributed by atoms with van der Waals surface area (Å²) in [5.41, 5.74) is 7.17. The van der Waals surface area contributed by atoms with Gasteiger partial charge in [0.05, 0.1) is 5.02 Å². The minimum atomic E-state index is -0.294. The highest BCUT2D eigenvalue weighted by molar-refractivity contribution is 6.32. The molecule has 94 valence electrons. The summed E-state index contributed by atoms with van der Waals surface area (Å²) in [6, 6.07) is 11.7. The molecular weight excluding hydrogens is 253 g/mol. The van der Waals surface area contributed by atoms with Crippen molar-refractivity contribution in [2.75, 3.05) is 0 Å². The first-order valence-electron chi connectivity index (χ1n) is 5.55. The van der Waals surface area contributed by atoms with Gasteiger partial charge < -0.3 is 10.5 Å². The van der Waals surface area contributed by atoms with Crippen molar-refractivity contribution in [3.63, 3.8) is 0 Å². The molecule has 0 unspecified atom stereocenters. The van der Waals surface area contributed by atoms with Crippen molar-refractivity contribution in [2.45, 2.75) is 13.2 Å². The normalized spacial score (nSPS) is 10.4. The first kappa shape index (κ1) is 12.9. The Hall–Kier alpha value is -1.58. The third-order valence-electron chi connectivity index (χ3n) is 2.61.